The predicted octanol–water partition coefficient (Wildman–Crippen LogP) is 1.80. The summed E-state index contributed by atoms with van der Waals surface area (Å²) in [5.41, 5.74) is 2.31. The van der Waals surface area contributed by atoms with Crippen LogP contribution >= 0.6 is 0 Å². The average Bonchev–Trinajstić information content (AvgIpc) is 3.15. The molecule has 6 nitrogen and oxygen atoms in total. The molecule has 1 spiro atoms. The normalized spacial score (nSPS) is 23.5. The Balaban J connectivity index is 1.44. The third-order valence-electron chi connectivity index (χ3n) is 5.96. The number of pyridine rings is 1. The third kappa shape index (κ3) is 2.95. The van der Waals surface area contributed by atoms with Gasteiger partial charge in [0.15, 0.2) is 0 Å². The minimum atomic E-state index is -0.0384. The van der Waals surface area contributed by atoms with Crippen molar-refractivity contribution in [1.82, 2.24) is 24.6 Å². The molecule has 2 aliphatic rings. The molecule has 0 aromatic carbocycles. The molecule has 2 aliphatic heterocycles. The van der Waals surface area contributed by atoms with Crippen LogP contribution in [-0.2, 0) is 18.4 Å². The Kier molecular flexibility index (Phi) is 4.07. The van der Waals surface area contributed by atoms with Gasteiger partial charge in [-0.1, -0.05) is 6.07 Å². The number of aromatic nitrogens is 3. The number of amides is 1. The van der Waals surface area contributed by atoms with Crippen molar-refractivity contribution in [2.45, 2.75) is 37.3 Å². The van der Waals surface area contributed by atoms with E-state index in [-0.39, 0.29) is 17.4 Å². The lowest BCUT2D eigenvalue weighted by atomic mass is 9.81. The van der Waals surface area contributed by atoms with Gasteiger partial charge in [0.05, 0.1) is 12.1 Å². The lowest BCUT2D eigenvalue weighted by Crippen LogP contribution is -2.51. The van der Waals surface area contributed by atoms with Gasteiger partial charge in [0, 0.05) is 63.4 Å². The van der Waals surface area contributed by atoms with E-state index < -0.39 is 0 Å². The topological polar surface area (TPSA) is 54.3 Å². The first-order valence-corrected chi connectivity index (χ1v) is 8.95. The summed E-state index contributed by atoms with van der Waals surface area (Å²) in [7, 11) is 3.93. The SMILES string of the molecule is CN1C(=O)[C@H](c2cccnc2)CC12CCN(Cc1cnn(C)c1)CC2. The average molecular weight is 339 g/mol. The molecule has 0 aliphatic carbocycles. The van der Waals surface area contributed by atoms with Crippen molar-refractivity contribution in [2.75, 3.05) is 20.1 Å². The van der Waals surface area contributed by atoms with Crippen LogP contribution in [0, 0.1) is 0 Å². The number of aryl methyl sites for hydroxylation is 1. The van der Waals surface area contributed by atoms with E-state index in [1.54, 1.807) is 6.20 Å². The summed E-state index contributed by atoms with van der Waals surface area (Å²) in [6.07, 6.45) is 10.6. The van der Waals surface area contributed by atoms with E-state index in [1.165, 1.54) is 5.56 Å². The second-order valence-corrected chi connectivity index (χ2v) is 7.46. The molecule has 0 saturated carbocycles. The first-order valence-electron chi connectivity index (χ1n) is 8.95. The Morgan fingerprint density at radius 3 is 2.68 bits per heavy atom. The molecule has 2 saturated heterocycles. The number of likely N-dealkylation sites (N-methyl/N-ethyl adjacent to an activating group) is 1. The molecule has 6 heteroatoms. The lowest BCUT2D eigenvalue weighted by Gasteiger charge is -2.43. The number of nitrogens with zero attached hydrogens (tertiary/aromatic N) is 5. The van der Waals surface area contributed by atoms with Gasteiger partial charge >= 0.3 is 0 Å². The smallest absolute Gasteiger partial charge is 0.230 e. The van der Waals surface area contributed by atoms with Crippen LogP contribution in [0.1, 0.15) is 36.3 Å². The fraction of sp³-hybridized carbons (Fsp3) is 0.526. The number of piperidine rings is 1. The van der Waals surface area contributed by atoms with Gasteiger partial charge < -0.3 is 4.90 Å². The molecule has 0 radical (unpaired) electrons. The molecule has 1 amide bonds. The standard InChI is InChI=1S/C19H25N5O/c1-22-13-15(11-21-22)14-24-8-5-19(6-9-24)10-17(18(25)23(19)2)16-4-3-7-20-12-16/h3-4,7,11-13,17H,5-6,8-10,14H2,1-2H3/t17-/m0/s1. The number of likely N-dealkylation sites (tertiary alicyclic amines) is 2. The highest BCUT2D eigenvalue weighted by atomic mass is 16.2. The van der Waals surface area contributed by atoms with Gasteiger partial charge in [-0.15, -0.1) is 0 Å². The highest BCUT2D eigenvalue weighted by Crippen LogP contribution is 2.44. The fourth-order valence-electron chi connectivity index (χ4n) is 4.39. The van der Waals surface area contributed by atoms with Crippen molar-refractivity contribution in [2.24, 2.45) is 7.05 Å². The molecule has 2 aromatic heterocycles. The summed E-state index contributed by atoms with van der Waals surface area (Å²) in [5.74, 6) is 0.206. The Morgan fingerprint density at radius 1 is 1.24 bits per heavy atom. The molecule has 0 unspecified atom stereocenters. The van der Waals surface area contributed by atoms with Crippen molar-refractivity contribution < 1.29 is 4.79 Å². The molecule has 1 atom stereocenters. The van der Waals surface area contributed by atoms with Crippen LogP contribution in [0.25, 0.3) is 0 Å². The van der Waals surface area contributed by atoms with Gasteiger partial charge in [-0.25, -0.2) is 0 Å². The van der Waals surface area contributed by atoms with E-state index in [0.29, 0.717) is 0 Å². The second-order valence-electron chi connectivity index (χ2n) is 7.46. The van der Waals surface area contributed by atoms with Gasteiger partial charge in [0.2, 0.25) is 5.91 Å². The van der Waals surface area contributed by atoms with Crippen LogP contribution in [0.4, 0.5) is 0 Å². The van der Waals surface area contributed by atoms with Gasteiger partial charge in [-0.05, 0) is 30.9 Å². The summed E-state index contributed by atoms with van der Waals surface area (Å²) in [5, 5.41) is 4.25. The Labute approximate surface area is 148 Å². The molecule has 2 fully saturated rings. The Bertz CT molecular complexity index is 748. The van der Waals surface area contributed by atoms with Gasteiger partial charge in [0.25, 0.3) is 0 Å². The molecule has 25 heavy (non-hydrogen) atoms. The minimum Gasteiger partial charge on any atom is -0.339 e. The summed E-state index contributed by atoms with van der Waals surface area (Å²) < 4.78 is 1.85. The highest BCUT2D eigenvalue weighted by Gasteiger charge is 2.50. The molecule has 0 bridgehead atoms. The minimum absolute atomic E-state index is 0.00301. The van der Waals surface area contributed by atoms with E-state index in [9.17, 15) is 4.79 Å². The van der Waals surface area contributed by atoms with Crippen molar-refractivity contribution >= 4 is 5.91 Å². The maximum absolute atomic E-state index is 12.8. The predicted molar refractivity (Wildman–Crippen MR) is 94.8 cm³/mol. The fourth-order valence-corrected chi connectivity index (χ4v) is 4.39. The third-order valence-corrected chi connectivity index (χ3v) is 5.96. The monoisotopic (exact) mass is 339 g/mol. The zero-order valence-electron chi connectivity index (χ0n) is 14.9. The highest BCUT2D eigenvalue weighted by molar-refractivity contribution is 5.86. The first kappa shape index (κ1) is 16.3. The van der Waals surface area contributed by atoms with Crippen molar-refractivity contribution in [3.63, 3.8) is 0 Å². The number of rotatable bonds is 3. The molecule has 4 heterocycles. The molecule has 0 N–H and O–H groups in total. The van der Waals surface area contributed by atoms with Crippen LogP contribution in [0.5, 0.6) is 0 Å². The zero-order valence-corrected chi connectivity index (χ0v) is 14.9. The number of hydrogen-bond donors (Lipinski definition) is 0. The Hall–Kier alpha value is -2.21. The van der Waals surface area contributed by atoms with Crippen LogP contribution in [0.2, 0.25) is 0 Å². The largest absolute Gasteiger partial charge is 0.339 e. The van der Waals surface area contributed by atoms with Gasteiger partial charge in [0.1, 0.15) is 0 Å². The number of carbonyl (C=O) groups excluding carboxylic acids is 1. The van der Waals surface area contributed by atoms with E-state index in [2.05, 4.69) is 21.2 Å². The van der Waals surface area contributed by atoms with Crippen LogP contribution < -0.4 is 0 Å². The van der Waals surface area contributed by atoms with E-state index in [4.69, 9.17) is 0 Å². The molecule has 2 aromatic rings. The van der Waals surface area contributed by atoms with Gasteiger partial charge in [-0.2, -0.15) is 5.10 Å². The first-order chi connectivity index (χ1) is 12.1. The quantitative estimate of drug-likeness (QED) is 0.856. The van der Waals surface area contributed by atoms with E-state index in [0.717, 1.165) is 44.5 Å². The lowest BCUT2D eigenvalue weighted by molar-refractivity contribution is -0.131. The maximum atomic E-state index is 12.8. The molecular weight excluding hydrogens is 314 g/mol. The number of carbonyl (C=O) groups is 1. The summed E-state index contributed by atoms with van der Waals surface area (Å²) >= 11 is 0. The van der Waals surface area contributed by atoms with Crippen LogP contribution in [0.15, 0.2) is 36.9 Å². The second kappa shape index (κ2) is 6.26. The number of hydrogen-bond acceptors (Lipinski definition) is 4. The zero-order chi connectivity index (χ0) is 17.4. The van der Waals surface area contributed by atoms with Gasteiger partial charge in [-0.3, -0.25) is 19.4 Å². The van der Waals surface area contributed by atoms with Crippen molar-refractivity contribution in [1.29, 1.82) is 0 Å². The molecular formula is C19H25N5O. The van der Waals surface area contributed by atoms with Crippen LogP contribution in [0.3, 0.4) is 0 Å². The molecule has 4 rings (SSSR count). The van der Waals surface area contributed by atoms with E-state index >= 15 is 0 Å². The van der Waals surface area contributed by atoms with Crippen molar-refractivity contribution in [3.8, 4) is 0 Å². The molecule has 132 valence electrons. The Morgan fingerprint density at radius 2 is 2.04 bits per heavy atom. The summed E-state index contributed by atoms with van der Waals surface area (Å²) in [6.45, 7) is 2.98. The van der Waals surface area contributed by atoms with Crippen LogP contribution in [-0.4, -0.2) is 56.1 Å². The summed E-state index contributed by atoms with van der Waals surface area (Å²) in [4.78, 5) is 21.5. The summed E-state index contributed by atoms with van der Waals surface area (Å²) in [6, 6.07) is 3.95. The van der Waals surface area contributed by atoms with E-state index in [1.807, 2.05) is 48.2 Å². The maximum Gasteiger partial charge on any atom is 0.230 e. The van der Waals surface area contributed by atoms with Crippen molar-refractivity contribution in [3.05, 3.63) is 48.0 Å².